The number of para-hydroxylation sites is 1. The summed E-state index contributed by atoms with van der Waals surface area (Å²) in [5.74, 6) is 1.34. The number of rotatable bonds is 8. The number of carbonyl (C=O) groups is 2. The number of nitrogens with zero attached hydrogens (tertiary/aromatic N) is 1. The molecule has 2 aromatic rings. The van der Waals surface area contributed by atoms with Gasteiger partial charge in [-0.25, -0.2) is 4.79 Å². The van der Waals surface area contributed by atoms with Crippen molar-refractivity contribution in [3.05, 3.63) is 59.7 Å². The Morgan fingerprint density at radius 2 is 1.79 bits per heavy atom. The molecule has 6 nitrogen and oxygen atoms in total. The fourth-order valence-corrected chi connectivity index (χ4v) is 3.27. The van der Waals surface area contributed by atoms with Crippen molar-refractivity contribution in [2.24, 2.45) is 0 Å². The standard InChI is InChI=1S/C22H26N2O4/c1-16-6-4-5-7-19(16)28-15-14-24-20(25)22(2,23-21(24)26)13-12-17-8-10-18(27-3)11-9-17/h4-11H,12-15H2,1-3H3,(H,23,26). The van der Waals surface area contributed by atoms with Crippen LogP contribution in [0, 0.1) is 6.92 Å². The highest BCUT2D eigenvalue weighted by Crippen LogP contribution is 2.24. The number of nitrogens with one attached hydrogen (secondary N) is 1. The smallest absolute Gasteiger partial charge is 0.325 e. The summed E-state index contributed by atoms with van der Waals surface area (Å²) in [7, 11) is 1.63. The van der Waals surface area contributed by atoms with Gasteiger partial charge in [-0.1, -0.05) is 30.3 Å². The minimum absolute atomic E-state index is 0.209. The van der Waals surface area contributed by atoms with Crippen LogP contribution in [-0.2, 0) is 11.2 Å². The van der Waals surface area contributed by atoms with Crippen molar-refractivity contribution in [3.63, 3.8) is 0 Å². The van der Waals surface area contributed by atoms with E-state index >= 15 is 0 Å². The molecule has 0 aliphatic carbocycles. The summed E-state index contributed by atoms with van der Waals surface area (Å²) in [5.41, 5.74) is 1.20. The van der Waals surface area contributed by atoms with Crippen LogP contribution < -0.4 is 14.8 Å². The summed E-state index contributed by atoms with van der Waals surface area (Å²) in [6.45, 7) is 4.22. The van der Waals surface area contributed by atoms with E-state index in [2.05, 4.69) is 5.32 Å². The predicted octanol–water partition coefficient (Wildman–Crippen LogP) is 3.33. The van der Waals surface area contributed by atoms with Gasteiger partial charge in [0.2, 0.25) is 0 Å². The van der Waals surface area contributed by atoms with Crippen LogP contribution >= 0.6 is 0 Å². The van der Waals surface area contributed by atoms with Gasteiger partial charge >= 0.3 is 6.03 Å². The van der Waals surface area contributed by atoms with Crippen LogP contribution in [0.1, 0.15) is 24.5 Å². The number of imide groups is 1. The molecular weight excluding hydrogens is 356 g/mol. The molecule has 1 N–H and O–H groups in total. The molecule has 2 aromatic carbocycles. The van der Waals surface area contributed by atoms with Gasteiger partial charge in [-0.05, 0) is 56.0 Å². The van der Waals surface area contributed by atoms with Gasteiger partial charge in [0.1, 0.15) is 23.6 Å². The summed E-state index contributed by atoms with van der Waals surface area (Å²) in [6, 6.07) is 15.0. The van der Waals surface area contributed by atoms with E-state index in [0.717, 1.165) is 22.6 Å². The van der Waals surface area contributed by atoms with Gasteiger partial charge in [-0.15, -0.1) is 0 Å². The van der Waals surface area contributed by atoms with Crippen LogP contribution in [0.15, 0.2) is 48.5 Å². The van der Waals surface area contributed by atoms with E-state index in [9.17, 15) is 9.59 Å². The van der Waals surface area contributed by atoms with Crippen LogP contribution in [0.2, 0.25) is 0 Å². The second-order valence-electron chi connectivity index (χ2n) is 7.18. The highest BCUT2D eigenvalue weighted by atomic mass is 16.5. The fourth-order valence-electron chi connectivity index (χ4n) is 3.27. The lowest BCUT2D eigenvalue weighted by atomic mass is 9.93. The second-order valence-corrected chi connectivity index (χ2v) is 7.18. The Bertz CT molecular complexity index is 850. The van der Waals surface area contributed by atoms with E-state index in [0.29, 0.717) is 12.8 Å². The maximum Gasteiger partial charge on any atom is 0.325 e. The molecule has 1 heterocycles. The average molecular weight is 382 g/mol. The van der Waals surface area contributed by atoms with Crippen LogP contribution in [0.4, 0.5) is 4.79 Å². The molecule has 1 atom stereocenters. The molecule has 0 bridgehead atoms. The number of benzene rings is 2. The molecule has 0 aromatic heterocycles. The summed E-state index contributed by atoms with van der Waals surface area (Å²) in [4.78, 5) is 26.4. The summed E-state index contributed by atoms with van der Waals surface area (Å²) in [5, 5.41) is 2.84. The van der Waals surface area contributed by atoms with Gasteiger partial charge in [-0.2, -0.15) is 0 Å². The number of aryl methyl sites for hydroxylation is 2. The molecule has 3 amide bonds. The third-order valence-corrected chi connectivity index (χ3v) is 5.08. The van der Waals surface area contributed by atoms with Gasteiger partial charge in [-0.3, -0.25) is 9.69 Å². The zero-order chi connectivity index (χ0) is 20.1. The highest BCUT2D eigenvalue weighted by molar-refractivity contribution is 6.06. The monoisotopic (exact) mass is 382 g/mol. The second kappa shape index (κ2) is 8.33. The van der Waals surface area contributed by atoms with E-state index in [-0.39, 0.29) is 25.1 Å². The molecule has 6 heteroatoms. The average Bonchev–Trinajstić information content (AvgIpc) is 2.91. The number of ether oxygens (including phenoxy) is 2. The third kappa shape index (κ3) is 4.27. The van der Waals surface area contributed by atoms with Gasteiger partial charge in [0.05, 0.1) is 13.7 Å². The molecule has 1 saturated heterocycles. The molecule has 0 spiro atoms. The maximum atomic E-state index is 12.8. The molecule has 3 rings (SSSR count). The van der Waals surface area contributed by atoms with Crippen molar-refractivity contribution in [1.82, 2.24) is 10.2 Å². The highest BCUT2D eigenvalue weighted by Gasteiger charge is 2.47. The van der Waals surface area contributed by atoms with Crippen LogP contribution in [0.5, 0.6) is 11.5 Å². The van der Waals surface area contributed by atoms with Gasteiger partial charge in [0.25, 0.3) is 5.91 Å². The zero-order valence-electron chi connectivity index (χ0n) is 16.5. The molecule has 0 saturated carbocycles. The number of hydrogen-bond acceptors (Lipinski definition) is 4. The van der Waals surface area contributed by atoms with E-state index in [1.807, 2.05) is 55.5 Å². The quantitative estimate of drug-likeness (QED) is 0.711. The number of urea groups is 1. The molecule has 1 aliphatic rings. The largest absolute Gasteiger partial charge is 0.497 e. The first-order valence-corrected chi connectivity index (χ1v) is 9.38. The Kier molecular flexibility index (Phi) is 5.87. The first-order valence-electron chi connectivity index (χ1n) is 9.38. The SMILES string of the molecule is COc1ccc(CCC2(C)NC(=O)N(CCOc3ccccc3C)C2=O)cc1. The number of methoxy groups -OCH3 is 1. The van der Waals surface area contributed by atoms with Crippen molar-refractivity contribution in [3.8, 4) is 11.5 Å². The Hall–Kier alpha value is -3.02. The summed E-state index contributed by atoms with van der Waals surface area (Å²) >= 11 is 0. The predicted molar refractivity (Wildman–Crippen MR) is 107 cm³/mol. The Balaban J connectivity index is 1.56. The van der Waals surface area contributed by atoms with Crippen LogP contribution in [0.25, 0.3) is 0 Å². The summed E-state index contributed by atoms with van der Waals surface area (Å²) < 4.78 is 10.9. The van der Waals surface area contributed by atoms with Crippen molar-refractivity contribution in [1.29, 1.82) is 0 Å². The zero-order valence-corrected chi connectivity index (χ0v) is 16.5. The van der Waals surface area contributed by atoms with Gasteiger partial charge in [0.15, 0.2) is 0 Å². The molecule has 1 fully saturated rings. The first-order chi connectivity index (χ1) is 13.4. The minimum atomic E-state index is -0.903. The normalized spacial score (nSPS) is 18.9. The van der Waals surface area contributed by atoms with Crippen molar-refractivity contribution < 1.29 is 19.1 Å². The Morgan fingerprint density at radius 3 is 2.46 bits per heavy atom. The lowest BCUT2D eigenvalue weighted by Crippen LogP contribution is -2.44. The van der Waals surface area contributed by atoms with Crippen molar-refractivity contribution in [2.45, 2.75) is 32.2 Å². The molecule has 0 radical (unpaired) electrons. The fraction of sp³-hybridized carbons (Fsp3) is 0.364. The van der Waals surface area contributed by atoms with E-state index in [4.69, 9.17) is 9.47 Å². The van der Waals surface area contributed by atoms with Gasteiger partial charge in [0, 0.05) is 0 Å². The Labute approximate surface area is 165 Å². The van der Waals surface area contributed by atoms with Crippen molar-refractivity contribution >= 4 is 11.9 Å². The summed E-state index contributed by atoms with van der Waals surface area (Å²) in [6.07, 6.45) is 1.21. The van der Waals surface area contributed by atoms with Gasteiger partial charge < -0.3 is 14.8 Å². The van der Waals surface area contributed by atoms with E-state index in [1.165, 1.54) is 4.90 Å². The number of carbonyl (C=O) groups excluding carboxylic acids is 2. The van der Waals surface area contributed by atoms with Crippen LogP contribution in [-0.4, -0.2) is 42.6 Å². The Morgan fingerprint density at radius 1 is 1.07 bits per heavy atom. The van der Waals surface area contributed by atoms with Crippen LogP contribution in [0.3, 0.4) is 0 Å². The number of amides is 3. The topological polar surface area (TPSA) is 67.9 Å². The van der Waals surface area contributed by atoms with E-state index in [1.54, 1.807) is 14.0 Å². The lowest BCUT2D eigenvalue weighted by molar-refractivity contribution is -0.131. The molecule has 1 unspecified atom stereocenters. The lowest BCUT2D eigenvalue weighted by Gasteiger charge is -2.22. The maximum absolute atomic E-state index is 12.8. The molecule has 1 aliphatic heterocycles. The first kappa shape index (κ1) is 19.7. The van der Waals surface area contributed by atoms with Crippen molar-refractivity contribution in [2.75, 3.05) is 20.3 Å². The molecule has 148 valence electrons. The molecule has 28 heavy (non-hydrogen) atoms. The molecular formula is C22H26N2O4. The van der Waals surface area contributed by atoms with E-state index < -0.39 is 5.54 Å². The third-order valence-electron chi connectivity index (χ3n) is 5.08. The minimum Gasteiger partial charge on any atom is -0.497 e. The number of hydrogen-bond donors (Lipinski definition) is 1.